The molecule has 0 fully saturated rings. The molecule has 5 nitrogen and oxygen atoms in total. The van der Waals surface area contributed by atoms with Crippen LogP contribution in [-0.4, -0.2) is 27.1 Å². The molecule has 0 atom stereocenters. The number of hydrogen-bond donors (Lipinski definition) is 2. The molecule has 164 valence electrons. The van der Waals surface area contributed by atoms with Crippen LogP contribution in [0.15, 0.2) is 36.7 Å². The van der Waals surface area contributed by atoms with E-state index in [4.69, 9.17) is 10.2 Å². The molecular formula is C24H39NO4. The zero-order valence-corrected chi connectivity index (χ0v) is 18.0. The van der Waals surface area contributed by atoms with Gasteiger partial charge >= 0.3 is 11.9 Å². The molecule has 1 aromatic heterocycles. The Hall–Kier alpha value is -2.17. The van der Waals surface area contributed by atoms with Crippen molar-refractivity contribution < 1.29 is 19.8 Å². The van der Waals surface area contributed by atoms with Crippen molar-refractivity contribution in [2.75, 3.05) is 0 Å². The van der Waals surface area contributed by atoms with Gasteiger partial charge in [0.05, 0.1) is 5.56 Å². The fourth-order valence-corrected chi connectivity index (χ4v) is 2.84. The quantitative estimate of drug-likeness (QED) is 0.231. The average Bonchev–Trinajstić information content (AvgIpc) is 2.72. The summed E-state index contributed by atoms with van der Waals surface area (Å²) in [4.78, 5) is 24.1. The summed E-state index contributed by atoms with van der Waals surface area (Å²) in [5, 5.41) is 16.9. The van der Waals surface area contributed by atoms with Crippen LogP contribution < -0.4 is 0 Å². The maximum atomic E-state index is 10.3. The summed E-state index contributed by atoms with van der Waals surface area (Å²) < 4.78 is 0. The van der Waals surface area contributed by atoms with Gasteiger partial charge in [0, 0.05) is 18.8 Å². The molecule has 0 spiro atoms. The molecule has 0 unspecified atom stereocenters. The molecule has 1 aromatic rings. The highest BCUT2D eigenvalue weighted by Gasteiger charge is 1.98. The SMILES string of the molecule is CCCCCCCCC=CCCCCCCCC(=O)O.O=C(O)c1cccnc1. The van der Waals surface area contributed by atoms with Gasteiger partial charge in [-0.2, -0.15) is 0 Å². The van der Waals surface area contributed by atoms with E-state index in [9.17, 15) is 9.59 Å². The van der Waals surface area contributed by atoms with Crippen LogP contribution >= 0.6 is 0 Å². The molecule has 0 amide bonds. The fraction of sp³-hybridized carbons (Fsp3) is 0.625. The Morgan fingerprint density at radius 3 is 1.86 bits per heavy atom. The zero-order valence-electron chi connectivity index (χ0n) is 18.0. The van der Waals surface area contributed by atoms with Gasteiger partial charge in [0.1, 0.15) is 0 Å². The largest absolute Gasteiger partial charge is 0.481 e. The predicted molar refractivity (Wildman–Crippen MR) is 118 cm³/mol. The van der Waals surface area contributed by atoms with E-state index >= 15 is 0 Å². The Labute approximate surface area is 176 Å². The third-order valence-electron chi connectivity index (χ3n) is 4.56. The summed E-state index contributed by atoms with van der Waals surface area (Å²) in [5.41, 5.74) is 0.220. The molecule has 0 aliphatic heterocycles. The van der Waals surface area contributed by atoms with E-state index in [1.807, 2.05) is 0 Å². The van der Waals surface area contributed by atoms with Gasteiger partial charge < -0.3 is 10.2 Å². The molecule has 2 N–H and O–H groups in total. The Bertz CT molecular complexity index is 543. The molecule has 1 heterocycles. The first kappa shape index (κ1) is 26.8. The van der Waals surface area contributed by atoms with Crippen LogP contribution in [0, 0.1) is 0 Å². The summed E-state index contributed by atoms with van der Waals surface area (Å²) in [6, 6.07) is 3.08. The van der Waals surface area contributed by atoms with Gasteiger partial charge in [-0.1, -0.05) is 70.4 Å². The van der Waals surface area contributed by atoms with Gasteiger partial charge in [-0.3, -0.25) is 9.78 Å². The van der Waals surface area contributed by atoms with Crippen LogP contribution in [0.3, 0.4) is 0 Å². The Kier molecular flexibility index (Phi) is 19.0. The van der Waals surface area contributed by atoms with E-state index in [1.54, 1.807) is 6.07 Å². The highest BCUT2D eigenvalue weighted by atomic mass is 16.4. The van der Waals surface area contributed by atoms with Crippen LogP contribution in [0.2, 0.25) is 0 Å². The van der Waals surface area contributed by atoms with Crippen molar-refractivity contribution in [2.24, 2.45) is 0 Å². The maximum absolute atomic E-state index is 10.3. The average molecular weight is 406 g/mol. The lowest BCUT2D eigenvalue weighted by Crippen LogP contribution is -1.94. The maximum Gasteiger partial charge on any atom is 0.337 e. The number of aromatic carboxylic acids is 1. The number of allylic oxidation sites excluding steroid dienone is 2. The van der Waals surface area contributed by atoms with E-state index in [0.717, 1.165) is 12.8 Å². The van der Waals surface area contributed by atoms with E-state index < -0.39 is 11.9 Å². The molecule has 0 bridgehead atoms. The highest BCUT2D eigenvalue weighted by molar-refractivity contribution is 5.86. The first-order valence-electron chi connectivity index (χ1n) is 11.1. The van der Waals surface area contributed by atoms with Crippen molar-refractivity contribution in [3.8, 4) is 0 Å². The molecule has 0 aromatic carbocycles. The first-order chi connectivity index (χ1) is 14.1. The summed E-state index contributed by atoms with van der Waals surface area (Å²) in [5.74, 6) is -1.61. The van der Waals surface area contributed by atoms with Crippen molar-refractivity contribution in [1.29, 1.82) is 0 Å². The van der Waals surface area contributed by atoms with Crippen LogP contribution in [0.4, 0.5) is 0 Å². The Balaban J connectivity index is 0.000000717. The highest BCUT2D eigenvalue weighted by Crippen LogP contribution is 2.09. The molecule has 5 heteroatoms. The van der Waals surface area contributed by atoms with E-state index in [0.29, 0.717) is 6.42 Å². The standard InChI is InChI=1S/C18H34O2.C6H5NO2/c1-2-3-4-5-6-7-8-9-10-11-12-13-14-15-16-17-18(19)20;8-6(9)5-2-1-3-7-4-5/h9-10H,2-8,11-17H2,1H3,(H,19,20);1-4H,(H,8,9). The monoisotopic (exact) mass is 405 g/mol. The summed E-state index contributed by atoms with van der Waals surface area (Å²) >= 11 is 0. The van der Waals surface area contributed by atoms with Gasteiger partial charge in [0.2, 0.25) is 0 Å². The molecule has 0 radical (unpaired) electrons. The second-order valence-electron chi connectivity index (χ2n) is 7.27. The minimum Gasteiger partial charge on any atom is -0.481 e. The number of unbranched alkanes of at least 4 members (excludes halogenated alkanes) is 11. The van der Waals surface area contributed by atoms with Crippen LogP contribution in [0.1, 0.15) is 107 Å². The third-order valence-corrected chi connectivity index (χ3v) is 4.56. The number of carboxylic acids is 2. The minimum absolute atomic E-state index is 0.220. The van der Waals surface area contributed by atoms with Crippen molar-refractivity contribution in [2.45, 2.75) is 96.8 Å². The number of carboxylic acid groups (broad SMARTS) is 2. The van der Waals surface area contributed by atoms with E-state index in [1.165, 1.54) is 89.1 Å². The smallest absolute Gasteiger partial charge is 0.337 e. The number of carbonyl (C=O) groups is 2. The predicted octanol–water partition coefficient (Wildman–Crippen LogP) is 6.89. The number of aromatic nitrogens is 1. The van der Waals surface area contributed by atoms with Gasteiger partial charge in [-0.25, -0.2) is 4.79 Å². The van der Waals surface area contributed by atoms with Crippen LogP contribution in [0.5, 0.6) is 0 Å². The normalized spacial score (nSPS) is 10.5. The number of pyridine rings is 1. The van der Waals surface area contributed by atoms with Crippen molar-refractivity contribution >= 4 is 11.9 Å². The lowest BCUT2D eigenvalue weighted by Gasteiger charge is -1.99. The molecule has 1 rings (SSSR count). The number of rotatable bonds is 16. The summed E-state index contributed by atoms with van der Waals surface area (Å²) in [6.45, 7) is 2.26. The van der Waals surface area contributed by atoms with Gasteiger partial charge in [0.25, 0.3) is 0 Å². The minimum atomic E-state index is -0.942. The molecule has 0 saturated heterocycles. The second-order valence-corrected chi connectivity index (χ2v) is 7.27. The molecule has 0 aliphatic carbocycles. The number of aliphatic carboxylic acids is 1. The van der Waals surface area contributed by atoms with Gasteiger partial charge in [-0.05, 0) is 44.2 Å². The number of hydrogen-bond acceptors (Lipinski definition) is 3. The Morgan fingerprint density at radius 2 is 1.41 bits per heavy atom. The van der Waals surface area contributed by atoms with Crippen LogP contribution in [0.25, 0.3) is 0 Å². The van der Waals surface area contributed by atoms with E-state index in [-0.39, 0.29) is 5.56 Å². The molecule has 29 heavy (non-hydrogen) atoms. The lowest BCUT2D eigenvalue weighted by molar-refractivity contribution is -0.137. The van der Waals surface area contributed by atoms with Gasteiger partial charge in [-0.15, -0.1) is 0 Å². The summed E-state index contributed by atoms with van der Waals surface area (Å²) in [7, 11) is 0. The zero-order chi connectivity index (χ0) is 21.6. The topological polar surface area (TPSA) is 87.5 Å². The van der Waals surface area contributed by atoms with Crippen molar-refractivity contribution in [3.05, 3.63) is 42.2 Å². The number of nitrogens with zero attached hydrogens (tertiary/aromatic N) is 1. The molecular weight excluding hydrogens is 366 g/mol. The Morgan fingerprint density at radius 1 is 0.862 bits per heavy atom. The molecule has 0 aliphatic rings. The lowest BCUT2D eigenvalue weighted by atomic mass is 10.1. The second kappa shape index (κ2) is 20.6. The fourth-order valence-electron chi connectivity index (χ4n) is 2.84. The van der Waals surface area contributed by atoms with Crippen LogP contribution in [-0.2, 0) is 4.79 Å². The van der Waals surface area contributed by atoms with Crippen molar-refractivity contribution in [1.82, 2.24) is 4.98 Å². The van der Waals surface area contributed by atoms with Gasteiger partial charge in [0.15, 0.2) is 0 Å². The third kappa shape index (κ3) is 20.4. The summed E-state index contributed by atoms with van der Waals surface area (Å²) in [6.07, 6.45) is 24.1. The van der Waals surface area contributed by atoms with Crippen molar-refractivity contribution in [3.63, 3.8) is 0 Å². The first-order valence-corrected chi connectivity index (χ1v) is 11.1. The van der Waals surface area contributed by atoms with E-state index in [2.05, 4.69) is 24.1 Å². The molecule has 0 saturated carbocycles.